The van der Waals surface area contributed by atoms with Crippen LogP contribution >= 0.6 is 11.6 Å². The highest BCUT2D eigenvalue weighted by atomic mass is 35.5. The molecule has 0 amide bonds. The minimum Gasteiger partial charge on any atom is -0.384 e. The summed E-state index contributed by atoms with van der Waals surface area (Å²) in [5, 5.41) is 4.89. The predicted octanol–water partition coefficient (Wildman–Crippen LogP) is 1.63. The molecule has 4 N–H and O–H groups in total. The Morgan fingerprint density at radius 3 is 2.62 bits per heavy atom. The first-order valence-electron chi connectivity index (χ1n) is 4.96. The minimum atomic E-state index is 0.397. The number of aromatic nitrogens is 2. The van der Waals surface area contributed by atoms with Gasteiger partial charge in [-0.2, -0.15) is 5.10 Å². The largest absolute Gasteiger partial charge is 0.384 e. The molecule has 1 aromatic carbocycles. The zero-order valence-electron chi connectivity index (χ0n) is 8.73. The highest BCUT2D eigenvalue weighted by Crippen LogP contribution is 2.18. The van der Waals surface area contributed by atoms with E-state index in [9.17, 15) is 0 Å². The molecule has 0 unspecified atom stereocenters. The SMILES string of the molecule is NCc1cnn(Cc2ccccc2Cl)c1N. The van der Waals surface area contributed by atoms with Crippen molar-refractivity contribution < 1.29 is 0 Å². The molecule has 16 heavy (non-hydrogen) atoms. The van der Waals surface area contributed by atoms with Crippen LogP contribution in [0.1, 0.15) is 11.1 Å². The Hall–Kier alpha value is -1.52. The van der Waals surface area contributed by atoms with Crippen molar-refractivity contribution in [2.75, 3.05) is 5.73 Å². The van der Waals surface area contributed by atoms with Crippen LogP contribution in [0.4, 0.5) is 5.82 Å². The molecule has 5 heteroatoms. The van der Waals surface area contributed by atoms with E-state index in [1.54, 1.807) is 10.9 Å². The van der Waals surface area contributed by atoms with E-state index in [0.717, 1.165) is 11.1 Å². The molecule has 2 aromatic rings. The summed E-state index contributed by atoms with van der Waals surface area (Å²) in [4.78, 5) is 0. The Morgan fingerprint density at radius 1 is 1.25 bits per heavy atom. The molecule has 4 nitrogen and oxygen atoms in total. The molecule has 1 heterocycles. The average molecular weight is 237 g/mol. The van der Waals surface area contributed by atoms with Crippen LogP contribution in [0.2, 0.25) is 5.02 Å². The van der Waals surface area contributed by atoms with Gasteiger partial charge in [0, 0.05) is 17.1 Å². The second kappa shape index (κ2) is 4.55. The van der Waals surface area contributed by atoms with Crippen LogP contribution in [0.25, 0.3) is 0 Å². The Balaban J connectivity index is 2.27. The second-order valence-electron chi connectivity index (χ2n) is 3.51. The lowest BCUT2D eigenvalue weighted by atomic mass is 10.2. The first kappa shape index (κ1) is 11.0. The Morgan fingerprint density at radius 2 is 2.00 bits per heavy atom. The van der Waals surface area contributed by atoms with Gasteiger partial charge in [-0.25, -0.2) is 4.68 Å². The monoisotopic (exact) mass is 236 g/mol. The van der Waals surface area contributed by atoms with Crippen molar-refractivity contribution in [1.29, 1.82) is 0 Å². The van der Waals surface area contributed by atoms with Crippen molar-refractivity contribution in [3.05, 3.63) is 46.6 Å². The summed E-state index contributed by atoms with van der Waals surface area (Å²) < 4.78 is 1.70. The van der Waals surface area contributed by atoms with Crippen LogP contribution in [-0.2, 0) is 13.1 Å². The molecule has 2 rings (SSSR count). The molecule has 0 radical (unpaired) electrons. The number of rotatable bonds is 3. The van der Waals surface area contributed by atoms with Crippen LogP contribution in [-0.4, -0.2) is 9.78 Å². The molecular weight excluding hydrogens is 224 g/mol. The van der Waals surface area contributed by atoms with Gasteiger partial charge < -0.3 is 11.5 Å². The highest BCUT2D eigenvalue weighted by molar-refractivity contribution is 6.31. The molecule has 0 saturated carbocycles. The number of benzene rings is 1. The van der Waals surface area contributed by atoms with Gasteiger partial charge in [0.25, 0.3) is 0 Å². The van der Waals surface area contributed by atoms with Gasteiger partial charge in [0.2, 0.25) is 0 Å². The maximum absolute atomic E-state index is 6.06. The molecule has 0 aliphatic carbocycles. The summed E-state index contributed by atoms with van der Waals surface area (Å²) in [5.41, 5.74) is 13.3. The van der Waals surface area contributed by atoms with E-state index >= 15 is 0 Å². The normalized spacial score (nSPS) is 10.6. The minimum absolute atomic E-state index is 0.397. The molecule has 0 saturated heterocycles. The summed E-state index contributed by atoms with van der Waals surface area (Å²) in [5.74, 6) is 0.599. The fourth-order valence-corrected chi connectivity index (χ4v) is 1.70. The number of hydrogen-bond acceptors (Lipinski definition) is 3. The molecule has 0 bridgehead atoms. The van der Waals surface area contributed by atoms with Crippen molar-refractivity contribution >= 4 is 17.4 Å². The zero-order chi connectivity index (χ0) is 11.5. The Labute approximate surface area is 98.8 Å². The third-order valence-corrected chi connectivity index (χ3v) is 2.83. The summed E-state index contributed by atoms with van der Waals surface area (Å²) in [6.07, 6.45) is 1.69. The number of anilines is 1. The number of hydrogen-bond donors (Lipinski definition) is 2. The average Bonchev–Trinajstić information content (AvgIpc) is 2.63. The molecule has 1 aromatic heterocycles. The van der Waals surface area contributed by atoms with E-state index in [0.29, 0.717) is 23.9 Å². The first-order chi connectivity index (χ1) is 7.72. The molecule has 0 fully saturated rings. The van der Waals surface area contributed by atoms with E-state index in [1.807, 2.05) is 24.3 Å². The van der Waals surface area contributed by atoms with Gasteiger partial charge in [-0.05, 0) is 11.6 Å². The number of nitrogen functional groups attached to an aromatic ring is 1. The maximum atomic E-state index is 6.06. The van der Waals surface area contributed by atoms with Crippen LogP contribution < -0.4 is 11.5 Å². The van der Waals surface area contributed by atoms with Gasteiger partial charge >= 0.3 is 0 Å². The Kier molecular flexibility index (Phi) is 3.12. The molecule has 0 aliphatic rings. The maximum Gasteiger partial charge on any atom is 0.126 e. The van der Waals surface area contributed by atoms with E-state index in [4.69, 9.17) is 23.1 Å². The van der Waals surface area contributed by atoms with Crippen LogP contribution in [0, 0.1) is 0 Å². The summed E-state index contributed by atoms with van der Waals surface area (Å²) in [7, 11) is 0. The van der Waals surface area contributed by atoms with Crippen molar-refractivity contribution in [2.45, 2.75) is 13.1 Å². The van der Waals surface area contributed by atoms with Crippen molar-refractivity contribution in [2.24, 2.45) is 5.73 Å². The predicted molar refractivity (Wildman–Crippen MR) is 65.1 cm³/mol. The standard InChI is InChI=1S/C11H13ClN4/c12-10-4-2-1-3-8(10)7-16-11(14)9(5-13)6-15-16/h1-4,6H,5,7,13-14H2. The quantitative estimate of drug-likeness (QED) is 0.851. The van der Waals surface area contributed by atoms with Gasteiger partial charge in [-0.15, -0.1) is 0 Å². The van der Waals surface area contributed by atoms with Gasteiger partial charge in [0.1, 0.15) is 5.82 Å². The van der Waals surface area contributed by atoms with Gasteiger partial charge in [0.05, 0.1) is 12.7 Å². The molecule has 0 aliphatic heterocycles. The van der Waals surface area contributed by atoms with E-state index in [-0.39, 0.29) is 0 Å². The summed E-state index contributed by atoms with van der Waals surface area (Å²) >= 11 is 6.06. The zero-order valence-corrected chi connectivity index (χ0v) is 9.48. The highest BCUT2D eigenvalue weighted by Gasteiger charge is 2.07. The van der Waals surface area contributed by atoms with Crippen LogP contribution in [0.5, 0.6) is 0 Å². The topological polar surface area (TPSA) is 69.9 Å². The van der Waals surface area contributed by atoms with E-state index in [2.05, 4.69) is 5.10 Å². The molecule has 84 valence electrons. The third kappa shape index (κ3) is 2.03. The summed E-state index contributed by atoms with van der Waals surface area (Å²) in [6, 6.07) is 7.63. The number of halogens is 1. The van der Waals surface area contributed by atoms with Crippen LogP contribution in [0.15, 0.2) is 30.5 Å². The molecular formula is C11H13ClN4. The molecule has 0 atom stereocenters. The lowest BCUT2D eigenvalue weighted by molar-refractivity contribution is 0.697. The lowest BCUT2D eigenvalue weighted by Crippen LogP contribution is -2.08. The third-order valence-electron chi connectivity index (χ3n) is 2.46. The second-order valence-corrected chi connectivity index (χ2v) is 3.92. The van der Waals surface area contributed by atoms with E-state index < -0.39 is 0 Å². The fourth-order valence-electron chi connectivity index (χ4n) is 1.50. The van der Waals surface area contributed by atoms with E-state index in [1.165, 1.54) is 0 Å². The number of nitrogens with zero attached hydrogens (tertiary/aromatic N) is 2. The Bertz CT molecular complexity index is 492. The number of nitrogens with two attached hydrogens (primary N) is 2. The van der Waals surface area contributed by atoms with Gasteiger partial charge in [0.15, 0.2) is 0 Å². The van der Waals surface area contributed by atoms with Gasteiger partial charge in [-0.1, -0.05) is 29.8 Å². The van der Waals surface area contributed by atoms with Gasteiger partial charge in [-0.3, -0.25) is 0 Å². The van der Waals surface area contributed by atoms with Crippen LogP contribution in [0.3, 0.4) is 0 Å². The smallest absolute Gasteiger partial charge is 0.126 e. The lowest BCUT2D eigenvalue weighted by Gasteiger charge is -2.06. The van der Waals surface area contributed by atoms with Crippen molar-refractivity contribution in [3.8, 4) is 0 Å². The fraction of sp³-hybridized carbons (Fsp3) is 0.182. The van der Waals surface area contributed by atoms with Crippen molar-refractivity contribution in [1.82, 2.24) is 9.78 Å². The van der Waals surface area contributed by atoms with Crippen molar-refractivity contribution in [3.63, 3.8) is 0 Å². The summed E-state index contributed by atoms with van der Waals surface area (Å²) in [6.45, 7) is 0.958. The molecule has 0 spiro atoms. The first-order valence-corrected chi connectivity index (χ1v) is 5.34.